The van der Waals surface area contributed by atoms with Crippen LogP contribution in [0.15, 0.2) is 0 Å². The maximum atomic E-state index is 14.5. The van der Waals surface area contributed by atoms with Crippen LogP contribution in [0, 0.1) is 23.3 Å². The van der Waals surface area contributed by atoms with Gasteiger partial charge >= 0.3 is 17.9 Å². The van der Waals surface area contributed by atoms with Crippen molar-refractivity contribution in [2.24, 2.45) is 0 Å². The fraction of sp³-hybridized carbons (Fsp3) is 0.500. The highest BCUT2D eigenvalue weighted by atomic mass is 79.9. The Morgan fingerprint density at radius 1 is 0.944 bits per heavy atom. The minimum atomic E-state index is -3.06. The smallest absolute Gasteiger partial charge is 0.303 e. The third-order valence-electron chi connectivity index (χ3n) is 4.75. The normalized spacial score (nSPS) is 25.5. The van der Waals surface area contributed by atoms with Gasteiger partial charge in [0.05, 0.1) is 7.11 Å². The summed E-state index contributed by atoms with van der Waals surface area (Å²) in [6.45, 7) is 2.10. The van der Waals surface area contributed by atoms with Crippen molar-refractivity contribution in [1.29, 1.82) is 0 Å². The number of esters is 3. The van der Waals surface area contributed by atoms with E-state index in [0.29, 0.717) is 0 Å². The van der Waals surface area contributed by atoms with Crippen LogP contribution in [0.1, 0.15) is 31.1 Å². The number of ether oxygens (including phenoxy) is 5. The number of hydrogen-bond donors (Lipinski definition) is 2. The number of nitrogens with one attached hydrogen (secondary N) is 1. The molecule has 200 valence electrons. The second-order valence-corrected chi connectivity index (χ2v) is 8.23. The Bertz CT molecular complexity index is 1040. The van der Waals surface area contributed by atoms with Gasteiger partial charge in [-0.25, -0.2) is 8.78 Å². The fourth-order valence-electron chi connectivity index (χ4n) is 3.32. The molecule has 0 unspecified atom stereocenters. The van der Waals surface area contributed by atoms with Crippen molar-refractivity contribution in [3.63, 3.8) is 0 Å². The van der Waals surface area contributed by atoms with E-state index < -0.39 is 94.1 Å². The Morgan fingerprint density at radius 2 is 1.44 bits per heavy atom. The third-order valence-corrected chi connectivity index (χ3v) is 5.45. The number of aliphatic hydroxyl groups is 1. The van der Waals surface area contributed by atoms with E-state index in [1.54, 1.807) is 5.32 Å². The summed E-state index contributed by atoms with van der Waals surface area (Å²) in [5, 5.41) is 11.7. The minimum absolute atomic E-state index is 0.686. The van der Waals surface area contributed by atoms with Crippen LogP contribution in [0.5, 0.6) is 5.75 Å². The maximum absolute atomic E-state index is 14.5. The van der Waals surface area contributed by atoms with Crippen molar-refractivity contribution in [2.45, 2.75) is 49.8 Å². The molecular formula is C20H20BrF4NO10. The van der Waals surface area contributed by atoms with Gasteiger partial charge in [0.1, 0.15) is 18.3 Å². The van der Waals surface area contributed by atoms with Crippen LogP contribution in [0.3, 0.4) is 0 Å². The molecule has 0 aliphatic carbocycles. The molecule has 11 nitrogen and oxygen atoms in total. The molecule has 5 atom stereocenters. The Hall–Kier alpha value is -2.98. The van der Waals surface area contributed by atoms with Crippen molar-refractivity contribution in [2.75, 3.05) is 13.7 Å². The van der Waals surface area contributed by atoms with Crippen molar-refractivity contribution >= 4 is 39.7 Å². The van der Waals surface area contributed by atoms with Gasteiger partial charge in [-0.1, -0.05) is 15.9 Å². The minimum Gasteiger partial charge on any atom is -0.491 e. The zero-order valence-corrected chi connectivity index (χ0v) is 20.6. The summed E-state index contributed by atoms with van der Waals surface area (Å²) in [6.07, 6.45) is -5.58. The number of halogens is 5. The van der Waals surface area contributed by atoms with E-state index in [1.165, 1.54) is 0 Å². The van der Waals surface area contributed by atoms with E-state index in [4.69, 9.17) is 18.9 Å². The van der Waals surface area contributed by atoms with Crippen LogP contribution in [-0.2, 0) is 33.3 Å². The van der Waals surface area contributed by atoms with Gasteiger partial charge in [-0.05, 0) is 0 Å². The lowest BCUT2D eigenvalue weighted by Gasteiger charge is -2.48. The molecule has 0 spiro atoms. The molecule has 1 amide bonds. The van der Waals surface area contributed by atoms with Crippen molar-refractivity contribution in [3.8, 4) is 5.75 Å². The molecule has 0 aromatic heterocycles. The van der Waals surface area contributed by atoms with Gasteiger partial charge in [0.15, 0.2) is 34.6 Å². The average Bonchev–Trinajstić information content (AvgIpc) is 2.76. The first-order valence-electron chi connectivity index (χ1n) is 9.87. The quantitative estimate of drug-likeness (QED) is 0.119. The lowest BCUT2D eigenvalue weighted by Crippen LogP contribution is -2.74. The first kappa shape index (κ1) is 29.3. The van der Waals surface area contributed by atoms with Gasteiger partial charge in [0.2, 0.25) is 17.4 Å². The molecule has 1 saturated heterocycles. The van der Waals surface area contributed by atoms with Gasteiger partial charge in [-0.2, -0.15) is 8.78 Å². The molecule has 1 aliphatic rings. The first-order chi connectivity index (χ1) is 16.6. The van der Waals surface area contributed by atoms with Crippen LogP contribution in [0.4, 0.5) is 17.6 Å². The molecule has 16 heteroatoms. The monoisotopic (exact) mass is 589 g/mol. The number of carbonyl (C=O) groups is 4. The zero-order valence-electron chi connectivity index (χ0n) is 19.0. The molecule has 1 fully saturated rings. The SMILES string of the molecule is COc1c(F)c(F)c(C(=O)N[C@]2(O)[C@H](OC(C)=O)[C@H](Br)O[C@@H](COC(C)=O)[C@H]2OC(C)=O)c(F)c1F. The summed E-state index contributed by atoms with van der Waals surface area (Å²) in [4.78, 5) is 47.5. The van der Waals surface area contributed by atoms with E-state index in [9.17, 15) is 41.8 Å². The van der Waals surface area contributed by atoms with Crippen molar-refractivity contribution < 1.29 is 65.5 Å². The predicted molar refractivity (Wildman–Crippen MR) is 111 cm³/mol. The molecule has 1 aromatic carbocycles. The predicted octanol–water partition coefficient (Wildman–Crippen LogP) is 1.22. The Balaban J connectivity index is 2.65. The second kappa shape index (κ2) is 11.4. The lowest BCUT2D eigenvalue weighted by molar-refractivity contribution is -0.273. The molecular weight excluding hydrogens is 570 g/mol. The van der Waals surface area contributed by atoms with Gasteiger partial charge in [-0.3, -0.25) is 19.2 Å². The van der Waals surface area contributed by atoms with E-state index in [0.717, 1.165) is 27.9 Å². The number of alkyl halides is 1. The summed E-state index contributed by atoms with van der Waals surface area (Å²) in [5.74, 6) is -14.8. The number of rotatable bonds is 7. The highest BCUT2D eigenvalue weighted by molar-refractivity contribution is 9.09. The summed E-state index contributed by atoms with van der Waals surface area (Å²) in [5.41, 5.74) is -4.88. The van der Waals surface area contributed by atoms with Crippen molar-refractivity contribution in [1.82, 2.24) is 5.32 Å². The largest absolute Gasteiger partial charge is 0.491 e. The van der Waals surface area contributed by atoms with Gasteiger partial charge in [0.25, 0.3) is 5.91 Å². The second-order valence-electron chi connectivity index (χ2n) is 7.33. The topological polar surface area (TPSA) is 147 Å². The van der Waals surface area contributed by atoms with Crippen molar-refractivity contribution in [3.05, 3.63) is 28.8 Å². The lowest BCUT2D eigenvalue weighted by atomic mass is 9.91. The number of carbonyl (C=O) groups excluding carboxylic acids is 4. The number of hydrogen-bond acceptors (Lipinski definition) is 10. The highest BCUT2D eigenvalue weighted by Crippen LogP contribution is 2.37. The Kier molecular flexibility index (Phi) is 9.25. The molecule has 0 saturated carbocycles. The third kappa shape index (κ3) is 5.87. The Labute approximate surface area is 209 Å². The standard InChI is InChI=1S/C20H20BrF4NO10/c1-6(27)33-5-9-16(34-7(2)28)20(31,17(18(21)36-9)35-8(3)29)26-19(30)10-11(22)13(24)15(32-4)14(25)12(10)23/h9,16-18,31H,5H2,1-4H3,(H,26,30)/t9-,16+,17+,18+,20+/m0/s1. The molecule has 1 aliphatic heterocycles. The molecule has 0 bridgehead atoms. The summed E-state index contributed by atoms with van der Waals surface area (Å²) < 4.78 is 81.9. The summed E-state index contributed by atoms with van der Waals surface area (Å²) >= 11 is 2.94. The van der Waals surface area contributed by atoms with E-state index in [1.807, 2.05) is 0 Å². The average molecular weight is 590 g/mol. The van der Waals surface area contributed by atoms with E-state index >= 15 is 0 Å². The molecule has 2 N–H and O–H groups in total. The number of benzene rings is 1. The van der Waals surface area contributed by atoms with E-state index in [2.05, 4.69) is 20.7 Å². The maximum Gasteiger partial charge on any atom is 0.303 e. The molecule has 36 heavy (non-hydrogen) atoms. The molecule has 1 heterocycles. The van der Waals surface area contributed by atoms with Gasteiger partial charge in [0, 0.05) is 20.8 Å². The Morgan fingerprint density at radius 3 is 1.89 bits per heavy atom. The van der Waals surface area contributed by atoms with Gasteiger partial charge in [-0.15, -0.1) is 0 Å². The summed E-state index contributed by atoms with van der Waals surface area (Å²) in [7, 11) is 0.720. The molecule has 2 rings (SSSR count). The highest BCUT2D eigenvalue weighted by Gasteiger charge is 2.61. The summed E-state index contributed by atoms with van der Waals surface area (Å²) in [6, 6.07) is 0. The zero-order chi connectivity index (χ0) is 27.5. The fourth-order valence-corrected chi connectivity index (χ4v) is 4.11. The molecule has 1 aromatic rings. The van der Waals surface area contributed by atoms with Crippen LogP contribution in [-0.4, -0.2) is 71.7 Å². The molecule has 0 radical (unpaired) electrons. The van der Waals surface area contributed by atoms with Crippen LogP contribution < -0.4 is 10.1 Å². The first-order valence-corrected chi connectivity index (χ1v) is 10.8. The number of amides is 1. The van der Waals surface area contributed by atoms with Gasteiger partial charge < -0.3 is 34.1 Å². The van der Waals surface area contributed by atoms with Crippen LogP contribution in [0.2, 0.25) is 0 Å². The van der Waals surface area contributed by atoms with E-state index in [-0.39, 0.29) is 0 Å². The van der Waals surface area contributed by atoms with Crippen LogP contribution >= 0.6 is 15.9 Å². The number of methoxy groups -OCH3 is 1. The van der Waals surface area contributed by atoms with Crippen LogP contribution in [0.25, 0.3) is 0 Å².